The number of aromatic nitrogens is 3. The third-order valence-corrected chi connectivity index (χ3v) is 3.91. The molecule has 4 aromatic rings. The zero-order chi connectivity index (χ0) is 19.5. The molecule has 9 nitrogen and oxygen atoms in total. The Hall–Kier alpha value is -4.14. The minimum Gasteiger partial charge on any atom is -0.465 e. The summed E-state index contributed by atoms with van der Waals surface area (Å²) in [5.41, 5.74) is 2.52. The summed E-state index contributed by atoms with van der Waals surface area (Å²) in [5, 5.41) is 6.13. The summed E-state index contributed by atoms with van der Waals surface area (Å²) in [5.74, 6) is -0.560. The molecule has 0 saturated carbocycles. The Morgan fingerprint density at radius 1 is 1.11 bits per heavy atom. The number of fused-ring (bicyclic) bond motifs is 1. The second kappa shape index (κ2) is 7.23. The number of oxazole rings is 1. The van der Waals surface area contributed by atoms with E-state index in [1.807, 2.05) is 30.3 Å². The van der Waals surface area contributed by atoms with Crippen molar-refractivity contribution in [2.75, 3.05) is 17.7 Å². The average molecular weight is 377 g/mol. The number of aromatic amines is 1. The number of rotatable bonds is 5. The lowest BCUT2D eigenvalue weighted by molar-refractivity contribution is 0.0601. The van der Waals surface area contributed by atoms with E-state index in [9.17, 15) is 9.59 Å². The number of para-hydroxylation sites is 1. The molecule has 0 aliphatic carbocycles. The normalized spacial score (nSPS) is 10.6. The van der Waals surface area contributed by atoms with Crippen LogP contribution >= 0.6 is 0 Å². The van der Waals surface area contributed by atoms with Gasteiger partial charge in [0.2, 0.25) is 5.95 Å². The number of carbonyl (C=O) groups is 1. The smallest absolute Gasteiger partial charge is 0.417 e. The molecule has 2 aromatic carbocycles. The van der Waals surface area contributed by atoms with Gasteiger partial charge in [-0.15, -0.1) is 0 Å². The van der Waals surface area contributed by atoms with Gasteiger partial charge < -0.3 is 19.8 Å². The monoisotopic (exact) mass is 377 g/mol. The van der Waals surface area contributed by atoms with Crippen LogP contribution in [0.2, 0.25) is 0 Å². The van der Waals surface area contributed by atoms with Crippen molar-refractivity contribution in [2.24, 2.45) is 0 Å². The number of hydrogen-bond acceptors (Lipinski definition) is 8. The van der Waals surface area contributed by atoms with E-state index in [0.29, 0.717) is 22.7 Å². The summed E-state index contributed by atoms with van der Waals surface area (Å²) in [6.45, 7) is 0. The van der Waals surface area contributed by atoms with Crippen LogP contribution in [0, 0.1) is 0 Å². The molecule has 0 unspecified atom stereocenters. The second-order valence-corrected chi connectivity index (χ2v) is 5.79. The van der Waals surface area contributed by atoms with Crippen LogP contribution in [-0.4, -0.2) is 28.0 Å². The Kier molecular flexibility index (Phi) is 4.47. The van der Waals surface area contributed by atoms with E-state index < -0.39 is 11.7 Å². The van der Waals surface area contributed by atoms with Gasteiger partial charge in [-0.2, -0.15) is 4.98 Å². The quantitative estimate of drug-likeness (QED) is 0.453. The highest BCUT2D eigenvalue weighted by Crippen LogP contribution is 2.24. The highest BCUT2D eigenvalue weighted by atomic mass is 16.5. The van der Waals surface area contributed by atoms with Crippen molar-refractivity contribution in [1.82, 2.24) is 15.0 Å². The summed E-state index contributed by atoms with van der Waals surface area (Å²) in [4.78, 5) is 34.6. The third-order valence-electron chi connectivity index (χ3n) is 3.91. The Morgan fingerprint density at radius 3 is 2.71 bits per heavy atom. The van der Waals surface area contributed by atoms with Crippen LogP contribution in [-0.2, 0) is 4.74 Å². The van der Waals surface area contributed by atoms with Gasteiger partial charge in [-0.3, -0.25) is 4.98 Å². The molecule has 2 heterocycles. The van der Waals surface area contributed by atoms with E-state index in [4.69, 9.17) is 9.15 Å². The fourth-order valence-electron chi connectivity index (χ4n) is 2.61. The molecule has 0 bridgehead atoms. The van der Waals surface area contributed by atoms with Crippen LogP contribution in [0.15, 0.2) is 63.9 Å². The number of nitrogens with one attached hydrogen (secondary N) is 3. The lowest BCUT2D eigenvalue weighted by Gasteiger charge is -2.12. The van der Waals surface area contributed by atoms with E-state index in [2.05, 4.69) is 25.6 Å². The topological polar surface area (TPSA) is 122 Å². The summed E-state index contributed by atoms with van der Waals surface area (Å²) in [6, 6.07) is 14.4. The van der Waals surface area contributed by atoms with Gasteiger partial charge in [0.25, 0.3) is 0 Å². The SMILES string of the molecule is COC(=O)c1cnc(Nc2ccccc2)nc1Nc1ccc2oc(=O)[nH]c2c1. The number of anilines is 4. The molecule has 3 N–H and O–H groups in total. The molecule has 0 fully saturated rings. The predicted octanol–water partition coefficient (Wildman–Crippen LogP) is 3.18. The lowest BCUT2D eigenvalue weighted by Crippen LogP contribution is -2.10. The molecule has 28 heavy (non-hydrogen) atoms. The molecule has 0 radical (unpaired) electrons. The van der Waals surface area contributed by atoms with Gasteiger partial charge in [0.15, 0.2) is 11.4 Å². The van der Waals surface area contributed by atoms with Crippen LogP contribution in [0.1, 0.15) is 10.4 Å². The van der Waals surface area contributed by atoms with Crippen molar-refractivity contribution in [3.05, 3.63) is 70.8 Å². The minimum absolute atomic E-state index is 0.168. The first-order valence-corrected chi connectivity index (χ1v) is 8.30. The highest BCUT2D eigenvalue weighted by molar-refractivity contribution is 5.95. The first-order chi connectivity index (χ1) is 13.6. The number of nitrogens with zero attached hydrogens (tertiary/aromatic N) is 2. The maximum absolute atomic E-state index is 12.1. The highest BCUT2D eigenvalue weighted by Gasteiger charge is 2.16. The summed E-state index contributed by atoms with van der Waals surface area (Å²) in [7, 11) is 1.28. The van der Waals surface area contributed by atoms with E-state index in [1.165, 1.54) is 13.3 Å². The summed E-state index contributed by atoms with van der Waals surface area (Å²) >= 11 is 0. The van der Waals surface area contributed by atoms with E-state index in [1.54, 1.807) is 18.2 Å². The molecule has 0 amide bonds. The lowest BCUT2D eigenvalue weighted by atomic mass is 10.2. The third kappa shape index (κ3) is 3.54. The van der Waals surface area contributed by atoms with Crippen LogP contribution in [0.25, 0.3) is 11.1 Å². The van der Waals surface area contributed by atoms with Crippen molar-refractivity contribution in [3.8, 4) is 0 Å². The first-order valence-electron chi connectivity index (χ1n) is 8.30. The molecule has 4 rings (SSSR count). The number of ether oxygens (including phenoxy) is 1. The van der Waals surface area contributed by atoms with Crippen molar-refractivity contribution in [2.45, 2.75) is 0 Å². The number of esters is 1. The summed E-state index contributed by atoms with van der Waals surface area (Å²) in [6.07, 6.45) is 1.38. The number of benzene rings is 2. The van der Waals surface area contributed by atoms with Gasteiger partial charge in [-0.05, 0) is 30.3 Å². The zero-order valence-electron chi connectivity index (χ0n) is 14.7. The second-order valence-electron chi connectivity index (χ2n) is 5.79. The van der Waals surface area contributed by atoms with Crippen molar-refractivity contribution in [1.29, 1.82) is 0 Å². The molecule has 0 aliphatic heterocycles. The molecular formula is C19H15N5O4. The molecule has 9 heteroatoms. The fraction of sp³-hybridized carbons (Fsp3) is 0.0526. The van der Waals surface area contributed by atoms with Gasteiger partial charge in [-0.1, -0.05) is 18.2 Å². The molecule has 0 atom stereocenters. The average Bonchev–Trinajstić information content (AvgIpc) is 3.08. The van der Waals surface area contributed by atoms with Gasteiger partial charge in [0, 0.05) is 17.6 Å². The molecule has 140 valence electrons. The Morgan fingerprint density at radius 2 is 1.93 bits per heavy atom. The number of carbonyl (C=O) groups excluding carboxylic acids is 1. The zero-order valence-corrected chi connectivity index (χ0v) is 14.7. The van der Waals surface area contributed by atoms with Crippen LogP contribution in [0.3, 0.4) is 0 Å². The van der Waals surface area contributed by atoms with Crippen LogP contribution < -0.4 is 16.4 Å². The summed E-state index contributed by atoms with van der Waals surface area (Å²) < 4.78 is 9.79. The van der Waals surface area contributed by atoms with Gasteiger partial charge in [0.05, 0.1) is 12.6 Å². The standard InChI is InChI=1S/C19H15N5O4/c1-27-17(25)13-10-20-18(22-11-5-3-2-4-6-11)24-16(13)21-12-7-8-15-14(9-12)23-19(26)28-15/h2-10H,1H3,(H,23,26)(H2,20,21,22,24). The molecular weight excluding hydrogens is 362 g/mol. The van der Waals surface area contributed by atoms with E-state index in [0.717, 1.165) is 5.69 Å². The van der Waals surface area contributed by atoms with Crippen molar-refractivity contribution < 1.29 is 13.9 Å². The van der Waals surface area contributed by atoms with Crippen molar-refractivity contribution >= 4 is 40.2 Å². The maximum Gasteiger partial charge on any atom is 0.417 e. The molecule has 0 spiro atoms. The van der Waals surface area contributed by atoms with E-state index >= 15 is 0 Å². The molecule has 2 aromatic heterocycles. The van der Waals surface area contributed by atoms with Gasteiger partial charge >= 0.3 is 11.7 Å². The number of H-pyrrole nitrogens is 1. The molecule has 0 aliphatic rings. The van der Waals surface area contributed by atoms with E-state index in [-0.39, 0.29) is 11.4 Å². The van der Waals surface area contributed by atoms with Gasteiger partial charge in [0.1, 0.15) is 5.56 Å². The number of hydrogen-bond donors (Lipinski definition) is 3. The maximum atomic E-state index is 12.1. The Labute approximate surface area is 158 Å². The molecule has 0 saturated heterocycles. The Bertz CT molecular complexity index is 1200. The minimum atomic E-state index is -0.577. The largest absolute Gasteiger partial charge is 0.465 e. The van der Waals surface area contributed by atoms with Gasteiger partial charge in [-0.25, -0.2) is 14.6 Å². The van der Waals surface area contributed by atoms with Crippen molar-refractivity contribution in [3.63, 3.8) is 0 Å². The fourth-order valence-corrected chi connectivity index (χ4v) is 2.61. The number of methoxy groups -OCH3 is 1. The first kappa shape index (κ1) is 17.3. The predicted molar refractivity (Wildman–Crippen MR) is 103 cm³/mol. The van der Waals surface area contributed by atoms with Crippen LogP contribution in [0.5, 0.6) is 0 Å². The van der Waals surface area contributed by atoms with Crippen LogP contribution in [0.4, 0.5) is 23.1 Å². The Balaban J connectivity index is 1.69.